The first kappa shape index (κ1) is 42.3. The zero-order valence-corrected chi connectivity index (χ0v) is 37.0. The third kappa shape index (κ3) is 8.06. The SMILES string of the molecule is CCn1c(-c2cc(N3CCN(C)CC3)cnc2[C@H](C)OC)c2c3cc(ccc31)-c1csc(n1)[C@@H](O)[C@H](NC(=O)C1[C@@H](C)[C@H]1C)C(=O)N1CCC[C@H](N1)C(=O)OCC(C)(C)C2. The number of methoxy groups -OCH3 is 1. The van der Waals surface area contributed by atoms with Crippen LogP contribution in [0.2, 0.25) is 0 Å². The largest absolute Gasteiger partial charge is 0.464 e. The van der Waals surface area contributed by atoms with E-state index in [1.54, 1.807) is 7.11 Å². The second-order valence-electron chi connectivity index (χ2n) is 18.1. The number of carbonyl (C=O) groups is 3. The molecule has 14 nitrogen and oxygen atoms in total. The van der Waals surface area contributed by atoms with E-state index in [4.69, 9.17) is 19.4 Å². The number of esters is 1. The zero-order chi connectivity index (χ0) is 42.6. The van der Waals surface area contributed by atoms with E-state index in [9.17, 15) is 19.5 Å². The van der Waals surface area contributed by atoms with Gasteiger partial charge in [0.05, 0.1) is 41.7 Å². The van der Waals surface area contributed by atoms with Gasteiger partial charge in [-0.25, -0.2) is 10.4 Å². The zero-order valence-electron chi connectivity index (χ0n) is 36.2. The first-order valence-corrected chi connectivity index (χ1v) is 22.4. The van der Waals surface area contributed by atoms with E-state index >= 15 is 0 Å². The second kappa shape index (κ2) is 16.8. The van der Waals surface area contributed by atoms with Gasteiger partial charge in [-0.15, -0.1) is 11.3 Å². The summed E-state index contributed by atoms with van der Waals surface area (Å²) in [5, 5.41) is 19.4. The Morgan fingerprint density at radius 2 is 1.88 bits per heavy atom. The fourth-order valence-electron chi connectivity index (χ4n) is 9.27. The number of pyridine rings is 1. The van der Waals surface area contributed by atoms with E-state index in [-0.39, 0.29) is 36.4 Å². The number of hydrogen-bond acceptors (Lipinski definition) is 12. The van der Waals surface area contributed by atoms with Gasteiger partial charge >= 0.3 is 5.97 Å². The highest BCUT2D eigenvalue weighted by Gasteiger charge is 2.50. The van der Waals surface area contributed by atoms with Gasteiger partial charge in [-0.3, -0.25) is 24.4 Å². The lowest BCUT2D eigenvalue weighted by molar-refractivity contribution is -0.156. The predicted octanol–water partition coefficient (Wildman–Crippen LogP) is 5.35. The number of aromatic nitrogens is 3. The van der Waals surface area contributed by atoms with Crippen molar-refractivity contribution in [1.29, 1.82) is 0 Å². The number of cyclic esters (lactones) is 1. The van der Waals surface area contributed by atoms with Crippen LogP contribution >= 0.6 is 11.3 Å². The van der Waals surface area contributed by atoms with Gasteiger partial charge in [0.15, 0.2) is 0 Å². The van der Waals surface area contributed by atoms with Crippen molar-refractivity contribution in [2.24, 2.45) is 23.2 Å². The molecule has 1 aromatic carbocycles. The number of hydrogen-bond donors (Lipinski definition) is 3. The van der Waals surface area contributed by atoms with Crippen molar-refractivity contribution in [3.05, 3.63) is 52.1 Å². The number of aliphatic hydroxyl groups is 1. The Morgan fingerprint density at radius 1 is 1.13 bits per heavy atom. The number of piperazine rings is 1. The molecule has 3 N–H and O–H groups in total. The Morgan fingerprint density at radius 3 is 2.58 bits per heavy atom. The summed E-state index contributed by atoms with van der Waals surface area (Å²) in [6, 6.07) is 6.52. The van der Waals surface area contributed by atoms with Crippen molar-refractivity contribution in [2.75, 3.05) is 58.4 Å². The summed E-state index contributed by atoms with van der Waals surface area (Å²) in [5.74, 6) is -1.15. The first-order valence-electron chi connectivity index (χ1n) is 21.5. The molecule has 0 radical (unpaired) electrons. The Labute approximate surface area is 356 Å². The molecule has 3 aliphatic heterocycles. The standard InChI is InChI=1S/C45H60N8O6S/c1-9-52-35-13-12-28-19-30(35)32(39(52)31-20-29(22-46-37(31)27(4)58-8)51-17-15-50(7)16-18-51)21-45(5,6)24-59-44(57)33-11-10-14-53(49-33)43(56)38(40(54)42-47-34(28)23-60-42)48-41(55)36-25(2)26(36)3/h12-13,19-20,22-23,25-27,33,36,38,40,49,54H,9-11,14-18,21,24H2,1-8H3,(H,48,55)/t25-,26+,27-,33-,36?,38-,40-/m0/s1. The lowest BCUT2D eigenvalue weighted by atomic mass is 9.84. The third-order valence-corrected chi connectivity index (χ3v) is 14.2. The number of carbonyl (C=O) groups excluding carboxylic acids is 3. The molecule has 4 aliphatic rings. The van der Waals surface area contributed by atoms with Crippen molar-refractivity contribution in [3.63, 3.8) is 0 Å². The summed E-state index contributed by atoms with van der Waals surface area (Å²) in [5.41, 5.74) is 10.2. The van der Waals surface area contributed by atoms with Gasteiger partial charge in [0.25, 0.3) is 5.91 Å². The summed E-state index contributed by atoms with van der Waals surface area (Å²) >= 11 is 1.25. The minimum Gasteiger partial charge on any atom is -0.464 e. The average Bonchev–Trinajstić information content (AvgIpc) is 3.54. The number of fused-ring (bicyclic) bond motifs is 6. The van der Waals surface area contributed by atoms with E-state index in [1.807, 2.05) is 38.4 Å². The number of nitrogens with one attached hydrogen (secondary N) is 2. The molecule has 1 aliphatic carbocycles. The molecule has 6 bridgehead atoms. The second-order valence-corrected chi connectivity index (χ2v) is 19.0. The van der Waals surface area contributed by atoms with Crippen molar-refractivity contribution in [1.82, 2.24) is 35.2 Å². The van der Waals surface area contributed by atoms with E-state index in [0.717, 1.165) is 70.8 Å². The Kier molecular flexibility index (Phi) is 11.8. The predicted molar refractivity (Wildman–Crippen MR) is 232 cm³/mol. The topological polar surface area (TPSA) is 154 Å². The molecule has 3 aromatic heterocycles. The van der Waals surface area contributed by atoms with Crippen LogP contribution in [0.4, 0.5) is 5.69 Å². The van der Waals surface area contributed by atoms with Gasteiger partial charge in [0, 0.05) is 85.1 Å². The molecular weight excluding hydrogens is 781 g/mol. The number of nitrogens with zero attached hydrogens (tertiary/aromatic N) is 6. The number of benzene rings is 1. The molecule has 6 heterocycles. The number of likely N-dealkylation sites (N-methyl/N-ethyl adjacent to an activating group) is 1. The van der Waals surface area contributed by atoms with E-state index < -0.39 is 35.5 Å². The monoisotopic (exact) mass is 840 g/mol. The number of aryl methyl sites for hydroxylation is 1. The molecule has 2 amide bonds. The number of ether oxygens (including phenoxy) is 2. The van der Waals surface area contributed by atoms with Gasteiger partial charge in [-0.05, 0) is 75.8 Å². The highest BCUT2D eigenvalue weighted by atomic mass is 32.1. The van der Waals surface area contributed by atoms with E-state index in [1.165, 1.54) is 16.3 Å². The molecule has 0 spiro atoms. The maximum absolute atomic E-state index is 14.3. The lowest BCUT2D eigenvalue weighted by Gasteiger charge is -2.36. The number of rotatable bonds is 7. The molecule has 8 rings (SSSR count). The van der Waals surface area contributed by atoms with Crippen LogP contribution < -0.4 is 15.6 Å². The van der Waals surface area contributed by atoms with Crippen molar-refractivity contribution >= 4 is 45.7 Å². The van der Waals surface area contributed by atoms with Crippen LogP contribution in [0.5, 0.6) is 0 Å². The number of hydrazine groups is 1. The normalized spacial score (nSPS) is 26.8. The summed E-state index contributed by atoms with van der Waals surface area (Å²) in [7, 11) is 3.87. The quantitative estimate of drug-likeness (QED) is 0.207. The number of thiazole rings is 1. The molecule has 322 valence electrons. The number of aliphatic hydroxyl groups excluding tert-OH is 1. The number of amides is 2. The molecule has 3 fully saturated rings. The first-order chi connectivity index (χ1) is 28.7. The fourth-order valence-corrected chi connectivity index (χ4v) is 10.1. The van der Waals surface area contributed by atoms with Gasteiger partial charge in [-0.1, -0.05) is 33.8 Å². The number of anilines is 1. The summed E-state index contributed by atoms with van der Waals surface area (Å²) in [4.78, 5) is 56.4. The maximum Gasteiger partial charge on any atom is 0.324 e. The summed E-state index contributed by atoms with van der Waals surface area (Å²) < 4.78 is 14.4. The molecule has 15 heteroatoms. The van der Waals surface area contributed by atoms with Crippen LogP contribution in [0.3, 0.4) is 0 Å². The van der Waals surface area contributed by atoms with Crippen molar-refractivity contribution in [2.45, 2.75) is 91.6 Å². The van der Waals surface area contributed by atoms with Crippen LogP contribution in [0.1, 0.15) is 82.9 Å². The smallest absolute Gasteiger partial charge is 0.324 e. The van der Waals surface area contributed by atoms with Crippen LogP contribution in [0, 0.1) is 23.2 Å². The molecule has 4 aromatic rings. The van der Waals surface area contributed by atoms with E-state index in [0.29, 0.717) is 43.1 Å². The van der Waals surface area contributed by atoms with Gasteiger partial charge in [-0.2, -0.15) is 0 Å². The minimum atomic E-state index is -1.42. The fraction of sp³-hybridized carbons (Fsp3) is 0.578. The Hall–Kier alpha value is -4.41. The van der Waals surface area contributed by atoms with E-state index in [2.05, 4.69) is 71.1 Å². The summed E-state index contributed by atoms with van der Waals surface area (Å²) in [6.45, 7) is 17.3. The molecule has 1 unspecified atom stereocenters. The summed E-state index contributed by atoms with van der Waals surface area (Å²) in [6.07, 6.45) is 1.86. The highest BCUT2D eigenvalue weighted by Crippen LogP contribution is 2.46. The lowest BCUT2D eigenvalue weighted by Crippen LogP contribution is -2.61. The van der Waals surface area contributed by atoms with Crippen LogP contribution in [-0.4, -0.2) is 113 Å². The molecular formula is C45H60N8O6S. The molecule has 1 saturated carbocycles. The average molecular weight is 841 g/mol. The van der Waals surface area contributed by atoms with Crippen LogP contribution in [0.25, 0.3) is 33.4 Å². The van der Waals surface area contributed by atoms with Crippen molar-refractivity contribution < 1.29 is 29.0 Å². The Balaban J connectivity index is 1.27. The van der Waals surface area contributed by atoms with Crippen LogP contribution in [0.15, 0.2) is 35.8 Å². The molecule has 60 heavy (non-hydrogen) atoms. The third-order valence-electron chi connectivity index (χ3n) is 13.3. The highest BCUT2D eigenvalue weighted by molar-refractivity contribution is 7.10. The Bertz CT molecular complexity index is 2260. The van der Waals surface area contributed by atoms with Gasteiger partial charge in [0.2, 0.25) is 5.91 Å². The van der Waals surface area contributed by atoms with Crippen LogP contribution in [-0.2, 0) is 36.8 Å². The molecule has 2 saturated heterocycles. The van der Waals surface area contributed by atoms with Gasteiger partial charge in [0.1, 0.15) is 23.2 Å². The minimum absolute atomic E-state index is 0.140. The van der Waals surface area contributed by atoms with Gasteiger partial charge < -0.3 is 34.3 Å². The molecule has 7 atom stereocenters. The van der Waals surface area contributed by atoms with Crippen molar-refractivity contribution in [3.8, 4) is 22.5 Å². The maximum atomic E-state index is 14.3.